The molecule has 0 aromatic carbocycles. The van der Waals surface area contributed by atoms with Gasteiger partial charge in [-0.1, -0.05) is 5.21 Å². The predicted molar refractivity (Wildman–Crippen MR) is 66.8 cm³/mol. The molecule has 0 saturated carbocycles. The van der Waals surface area contributed by atoms with Gasteiger partial charge >= 0.3 is 11.4 Å². The van der Waals surface area contributed by atoms with Gasteiger partial charge in [-0.3, -0.25) is 24.9 Å². The van der Waals surface area contributed by atoms with E-state index < -0.39 is 16.5 Å². The Hall–Kier alpha value is -3.15. The van der Waals surface area contributed by atoms with E-state index in [0.29, 0.717) is 0 Å². The van der Waals surface area contributed by atoms with Crippen molar-refractivity contribution in [2.45, 2.75) is 13.1 Å². The highest BCUT2D eigenvalue weighted by molar-refractivity contribution is 5.91. The monoisotopic (exact) mass is 294 g/mol. The molecular weight excluding hydrogens is 284 g/mol. The first-order valence-electron chi connectivity index (χ1n) is 5.63. The summed E-state index contributed by atoms with van der Waals surface area (Å²) in [7, 11) is 0. The van der Waals surface area contributed by atoms with Crippen molar-refractivity contribution in [1.82, 2.24) is 30.0 Å². The largest absolute Gasteiger partial charge is 0.348 e. The number of nitrogen functional groups attached to an aromatic ring is 1. The Morgan fingerprint density at radius 3 is 2.86 bits per heavy atom. The maximum absolute atomic E-state index is 11.5. The van der Waals surface area contributed by atoms with Crippen LogP contribution < -0.4 is 17.0 Å². The molecule has 0 saturated heterocycles. The number of nitrogens with one attached hydrogen (secondary N) is 1. The third-order valence-corrected chi connectivity index (χ3v) is 2.52. The smallest absolute Gasteiger partial charge is 0.290 e. The number of nitro groups is 1. The third-order valence-electron chi connectivity index (χ3n) is 2.52. The van der Waals surface area contributed by atoms with Crippen LogP contribution in [-0.4, -0.2) is 35.4 Å². The van der Waals surface area contributed by atoms with Gasteiger partial charge in [-0.05, 0) is 0 Å². The van der Waals surface area contributed by atoms with E-state index >= 15 is 0 Å². The van der Waals surface area contributed by atoms with Gasteiger partial charge in [0.1, 0.15) is 6.20 Å². The molecule has 1 amide bonds. The summed E-state index contributed by atoms with van der Waals surface area (Å²) in [5.74, 6) is 4.35. The van der Waals surface area contributed by atoms with Gasteiger partial charge in [0.15, 0.2) is 5.69 Å². The van der Waals surface area contributed by atoms with Crippen LogP contribution in [0.2, 0.25) is 0 Å². The normalized spacial score (nSPS) is 10.3. The number of amides is 1. The highest BCUT2D eigenvalue weighted by Crippen LogP contribution is 2.04. The number of nitrogens with two attached hydrogens (primary N) is 1. The minimum atomic E-state index is -0.651. The van der Waals surface area contributed by atoms with E-state index in [1.54, 1.807) is 0 Å². The first-order chi connectivity index (χ1) is 10.0. The lowest BCUT2D eigenvalue weighted by Crippen LogP contribution is -2.30. The second-order valence-corrected chi connectivity index (χ2v) is 3.89. The molecule has 3 N–H and O–H groups in total. The lowest BCUT2D eigenvalue weighted by molar-refractivity contribution is -0.385. The molecule has 12 nitrogen and oxygen atoms in total. The summed E-state index contributed by atoms with van der Waals surface area (Å²) in [6, 6.07) is 0. The summed E-state index contributed by atoms with van der Waals surface area (Å²) in [4.78, 5) is 36.0. The fraction of sp³-hybridized carbons (Fsp3) is 0.222. The number of carbonyl (C=O) groups is 1. The number of hydrogen-bond donors (Lipinski definition) is 2. The number of rotatable bonds is 5. The van der Waals surface area contributed by atoms with Crippen LogP contribution in [0.25, 0.3) is 0 Å². The van der Waals surface area contributed by atoms with Gasteiger partial charge < -0.3 is 0 Å². The van der Waals surface area contributed by atoms with Crippen molar-refractivity contribution in [2.24, 2.45) is 5.84 Å². The SMILES string of the molecule is NNC(=O)c1cn(CCn2cc([N+](=O)[O-])cnc2=O)nn1. The topological polar surface area (TPSA) is 164 Å². The van der Waals surface area contributed by atoms with Crippen LogP contribution in [0.15, 0.2) is 23.4 Å². The Bertz CT molecular complexity index is 735. The summed E-state index contributed by atoms with van der Waals surface area (Å²) >= 11 is 0. The summed E-state index contributed by atoms with van der Waals surface area (Å²) in [6.07, 6.45) is 3.30. The first-order valence-corrected chi connectivity index (χ1v) is 5.63. The van der Waals surface area contributed by atoms with Crippen molar-refractivity contribution in [2.75, 3.05) is 0 Å². The van der Waals surface area contributed by atoms with Crippen LogP contribution in [-0.2, 0) is 13.1 Å². The first kappa shape index (κ1) is 14.3. The standard InChI is InChI=1S/C9H10N8O4/c10-12-8(18)7-5-16(14-13-7)2-1-15-4-6(17(20)21)3-11-9(15)19/h3-5H,1-2,10H2,(H,12,18). The van der Waals surface area contributed by atoms with Crippen LogP contribution in [0.5, 0.6) is 0 Å². The molecule has 2 rings (SSSR count). The number of hydrogen-bond acceptors (Lipinski definition) is 8. The van der Waals surface area contributed by atoms with Crippen molar-refractivity contribution in [1.29, 1.82) is 0 Å². The number of nitrogens with zero attached hydrogens (tertiary/aromatic N) is 6. The Morgan fingerprint density at radius 1 is 1.43 bits per heavy atom. The number of aryl methyl sites for hydroxylation is 2. The van der Waals surface area contributed by atoms with E-state index in [4.69, 9.17) is 5.84 Å². The van der Waals surface area contributed by atoms with E-state index in [1.165, 1.54) is 10.9 Å². The van der Waals surface area contributed by atoms with Crippen molar-refractivity contribution >= 4 is 11.6 Å². The van der Waals surface area contributed by atoms with Gasteiger partial charge in [-0.25, -0.2) is 15.3 Å². The number of aromatic nitrogens is 5. The quantitative estimate of drug-likeness (QED) is 0.278. The van der Waals surface area contributed by atoms with Crippen LogP contribution in [0, 0.1) is 10.1 Å². The van der Waals surface area contributed by atoms with Crippen molar-refractivity contribution in [3.05, 3.63) is 44.9 Å². The van der Waals surface area contributed by atoms with E-state index in [1.807, 2.05) is 5.43 Å². The summed E-state index contributed by atoms with van der Waals surface area (Å²) in [6.45, 7) is 0.258. The van der Waals surface area contributed by atoms with Crippen LogP contribution in [0.1, 0.15) is 10.5 Å². The van der Waals surface area contributed by atoms with Crippen LogP contribution >= 0.6 is 0 Å². The van der Waals surface area contributed by atoms with Crippen LogP contribution in [0.3, 0.4) is 0 Å². The molecule has 0 aliphatic heterocycles. The molecule has 0 bridgehead atoms. The van der Waals surface area contributed by atoms with Crippen LogP contribution in [0.4, 0.5) is 5.69 Å². The molecule has 2 aromatic rings. The Morgan fingerprint density at radius 2 is 2.19 bits per heavy atom. The second-order valence-electron chi connectivity index (χ2n) is 3.89. The van der Waals surface area contributed by atoms with E-state index in [9.17, 15) is 19.7 Å². The third kappa shape index (κ3) is 3.24. The summed E-state index contributed by atoms with van der Waals surface area (Å²) < 4.78 is 2.37. The molecule has 0 radical (unpaired) electrons. The summed E-state index contributed by atoms with van der Waals surface area (Å²) in [5.41, 5.74) is 0.999. The molecule has 0 fully saturated rings. The molecule has 12 heteroatoms. The zero-order valence-electron chi connectivity index (χ0n) is 10.5. The maximum Gasteiger partial charge on any atom is 0.348 e. The highest BCUT2D eigenvalue weighted by atomic mass is 16.6. The molecule has 0 spiro atoms. The minimum absolute atomic E-state index is 0.0158. The molecule has 0 aliphatic rings. The van der Waals surface area contributed by atoms with Crippen molar-refractivity contribution in [3.63, 3.8) is 0 Å². The molecule has 0 unspecified atom stereocenters. The number of carbonyl (C=O) groups excluding carboxylic acids is 1. The summed E-state index contributed by atoms with van der Waals surface area (Å²) in [5, 5.41) is 17.9. The van der Waals surface area contributed by atoms with Gasteiger partial charge in [0, 0.05) is 6.54 Å². The molecule has 21 heavy (non-hydrogen) atoms. The van der Waals surface area contributed by atoms with E-state index in [0.717, 1.165) is 17.0 Å². The molecule has 0 atom stereocenters. The number of hydrazine groups is 1. The average Bonchev–Trinajstić information content (AvgIpc) is 2.94. The lowest BCUT2D eigenvalue weighted by atomic mass is 10.4. The molecule has 2 aromatic heterocycles. The molecule has 110 valence electrons. The van der Waals surface area contributed by atoms with Gasteiger partial charge in [0.2, 0.25) is 0 Å². The van der Waals surface area contributed by atoms with Gasteiger partial charge in [-0.15, -0.1) is 5.10 Å². The van der Waals surface area contributed by atoms with Crippen molar-refractivity contribution < 1.29 is 9.72 Å². The van der Waals surface area contributed by atoms with E-state index in [2.05, 4.69) is 15.3 Å². The fourth-order valence-corrected chi connectivity index (χ4v) is 1.49. The lowest BCUT2D eigenvalue weighted by Gasteiger charge is -2.03. The zero-order valence-corrected chi connectivity index (χ0v) is 10.5. The second kappa shape index (κ2) is 5.87. The Labute approximate surface area is 116 Å². The molecule has 2 heterocycles. The van der Waals surface area contributed by atoms with Crippen molar-refractivity contribution in [3.8, 4) is 0 Å². The van der Waals surface area contributed by atoms with Gasteiger partial charge in [-0.2, -0.15) is 4.98 Å². The average molecular weight is 294 g/mol. The van der Waals surface area contributed by atoms with E-state index in [-0.39, 0.29) is 24.5 Å². The Kier molecular flexibility index (Phi) is 3.99. The Balaban J connectivity index is 2.11. The minimum Gasteiger partial charge on any atom is -0.290 e. The maximum atomic E-state index is 11.5. The van der Waals surface area contributed by atoms with Gasteiger partial charge in [0.05, 0.1) is 23.9 Å². The molecular formula is C9H10N8O4. The zero-order chi connectivity index (χ0) is 15.4. The highest BCUT2D eigenvalue weighted by Gasteiger charge is 2.11. The fourth-order valence-electron chi connectivity index (χ4n) is 1.49. The van der Waals surface area contributed by atoms with Gasteiger partial charge in [0.25, 0.3) is 5.91 Å². The molecule has 0 aliphatic carbocycles. The predicted octanol–water partition coefficient (Wildman–Crippen LogP) is -1.95.